The number of anilines is 2. The van der Waals surface area contributed by atoms with Gasteiger partial charge in [0.2, 0.25) is 5.82 Å². The summed E-state index contributed by atoms with van der Waals surface area (Å²) in [6.45, 7) is 5.02. The fourth-order valence-corrected chi connectivity index (χ4v) is 1.69. The molecule has 0 spiro atoms. The Morgan fingerprint density at radius 2 is 2.05 bits per heavy atom. The van der Waals surface area contributed by atoms with Crippen LogP contribution in [0.5, 0.6) is 0 Å². The molecule has 1 aromatic heterocycles. The number of halogens is 3. The summed E-state index contributed by atoms with van der Waals surface area (Å²) < 4.78 is 38.6. The lowest BCUT2D eigenvalue weighted by molar-refractivity contribution is -0.144. The third kappa shape index (κ3) is 5.10. The zero-order valence-corrected chi connectivity index (χ0v) is 12.0. The van der Waals surface area contributed by atoms with Crippen LogP contribution in [-0.4, -0.2) is 29.6 Å². The maximum absolute atomic E-state index is 12.9. The van der Waals surface area contributed by atoms with Gasteiger partial charge in [0, 0.05) is 25.7 Å². The Bertz CT molecular complexity index is 496. The Morgan fingerprint density at radius 3 is 2.57 bits per heavy atom. The number of hydrogen-bond acceptors (Lipinski definition) is 5. The third-order valence-electron chi connectivity index (χ3n) is 2.72. The lowest BCUT2D eigenvalue weighted by Crippen LogP contribution is -2.26. The first-order chi connectivity index (χ1) is 9.92. The number of nitrogens with one attached hydrogen (secondary N) is 1. The molecular weight excluding hydrogens is 283 g/mol. The number of hydrogen-bond donors (Lipinski definition) is 1. The fraction of sp³-hybridized carbons (Fsp3) is 0.615. The van der Waals surface area contributed by atoms with Gasteiger partial charge >= 0.3 is 6.18 Å². The predicted octanol–water partition coefficient (Wildman–Crippen LogP) is 3.06. The van der Waals surface area contributed by atoms with Crippen molar-refractivity contribution in [2.75, 3.05) is 29.9 Å². The lowest BCUT2D eigenvalue weighted by Gasteiger charge is -2.22. The molecule has 21 heavy (non-hydrogen) atoms. The van der Waals surface area contributed by atoms with E-state index in [1.54, 1.807) is 11.8 Å². The SMILES string of the molecule is CCCNc1cc(N(CC)CCC#N)nc(C(F)(F)F)n1. The van der Waals surface area contributed by atoms with Crippen molar-refractivity contribution in [3.05, 3.63) is 11.9 Å². The molecule has 1 heterocycles. The van der Waals surface area contributed by atoms with Gasteiger partial charge < -0.3 is 10.2 Å². The van der Waals surface area contributed by atoms with Gasteiger partial charge in [0.05, 0.1) is 12.5 Å². The van der Waals surface area contributed by atoms with Gasteiger partial charge in [-0.25, -0.2) is 9.97 Å². The van der Waals surface area contributed by atoms with Gasteiger partial charge in [0.1, 0.15) is 11.6 Å². The highest BCUT2D eigenvalue weighted by molar-refractivity contribution is 5.49. The molecule has 0 saturated carbocycles. The van der Waals surface area contributed by atoms with Crippen molar-refractivity contribution < 1.29 is 13.2 Å². The van der Waals surface area contributed by atoms with Gasteiger partial charge in [-0.15, -0.1) is 0 Å². The molecule has 1 aromatic rings. The lowest BCUT2D eigenvalue weighted by atomic mass is 10.3. The van der Waals surface area contributed by atoms with Gasteiger partial charge in [-0.05, 0) is 13.3 Å². The van der Waals surface area contributed by atoms with Crippen molar-refractivity contribution >= 4 is 11.6 Å². The first-order valence-electron chi connectivity index (χ1n) is 6.74. The Kier molecular flexibility index (Phi) is 6.21. The second-order valence-corrected chi connectivity index (χ2v) is 4.35. The van der Waals surface area contributed by atoms with Crippen LogP contribution < -0.4 is 10.2 Å². The molecule has 0 radical (unpaired) electrons. The summed E-state index contributed by atoms with van der Waals surface area (Å²) in [6, 6.07) is 3.45. The summed E-state index contributed by atoms with van der Waals surface area (Å²) in [5, 5.41) is 11.4. The molecular formula is C13H18F3N5. The van der Waals surface area contributed by atoms with Gasteiger partial charge in [-0.1, -0.05) is 6.92 Å². The van der Waals surface area contributed by atoms with E-state index in [1.165, 1.54) is 6.07 Å². The second kappa shape index (κ2) is 7.67. The minimum atomic E-state index is -4.60. The first kappa shape index (κ1) is 17.0. The standard InChI is InChI=1S/C13H18F3N5/c1-3-7-18-10-9-11(21(4-2)8-5-6-17)20-12(19-10)13(14,15)16/h9H,3-5,7-8H2,1-2H3,(H,18,19,20). The van der Waals surface area contributed by atoms with Crippen molar-refractivity contribution in [3.63, 3.8) is 0 Å². The van der Waals surface area contributed by atoms with E-state index >= 15 is 0 Å². The topological polar surface area (TPSA) is 64.8 Å². The van der Waals surface area contributed by atoms with Crippen LogP contribution in [0.4, 0.5) is 24.8 Å². The summed E-state index contributed by atoms with van der Waals surface area (Å²) in [6.07, 6.45) is -3.61. The Hall–Kier alpha value is -2.04. The molecule has 0 atom stereocenters. The van der Waals surface area contributed by atoms with Crippen LogP contribution >= 0.6 is 0 Å². The molecule has 0 aliphatic rings. The number of aromatic nitrogens is 2. The largest absolute Gasteiger partial charge is 0.451 e. The average molecular weight is 301 g/mol. The summed E-state index contributed by atoms with van der Waals surface area (Å²) in [4.78, 5) is 8.70. The van der Waals surface area contributed by atoms with E-state index in [0.29, 0.717) is 19.6 Å². The summed E-state index contributed by atoms with van der Waals surface area (Å²) in [5.41, 5.74) is 0. The van der Waals surface area contributed by atoms with Crippen LogP contribution in [0.25, 0.3) is 0 Å². The van der Waals surface area contributed by atoms with Crippen molar-refractivity contribution in [2.45, 2.75) is 32.9 Å². The molecule has 8 heteroatoms. The summed E-state index contributed by atoms with van der Waals surface area (Å²) in [7, 11) is 0. The van der Waals surface area contributed by atoms with Gasteiger partial charge in [0.15, 0.2) is 0 Å². The number of nitrogens with zero attached hydrogens (tertiary/aromatic N) is 4. The molecule has 0 bridgehead atoms. The Labute approximate surface area is 121 Å². The third-order valence-corrected chi connectivity index (χ3v) is 2.72. The van der Waals surface area contributed by atoms with E-state index in [-0.39, 0.29) is 18.1 Å². The van der Waals surface area contributed by atoms with Crippen LogP contribution in [0.1, 0.15) is 32.5 Å². The van der Waals surface area contributed by atoms with Gasteiger partial charge in [-0.2, -0.15) is 18.4 Å². The minimum absolute atomic E-state index is 0.143. The number of alkyl halides is 3. The van der Waals surface area contributed by atoms with E-state index in [2.05, 4.69) is 15.3 Å². The molecule has 116 valence electrons. The molecule has 0 unspecified atom stereocenters. The van der Waals surface area contributed by atoms with Crippen molar-refractivity contribution in [3.8, 4) is 6.07 Å². The average Bonchev–Trinajstić information content (AvgIpc) is 2.45. The molecule has 1 rings (SSSR count). The van der Waals surface area contributed by atoms with Crippen LogP contribution in [0.2, 0.25) is 0 Å². The Balaban J connectivity index is 3.13. The van der Waals surface area contributed by atoms with Crippen LogP contribution in [0.3, 0.4) is 0 Å². The fourth-order valence-electron chi connectivity index (χ4n) is 1.69. The van der Waals surface area contributed by atoms with Gasteiger partial charge in [0.25, 0.3) is 0 Å². The summed E-state index contributed by atoms with van der Waals surface area (Å²) >= 11 is 0. The second-order valence-electron chi connectivity index (χ2n) is 4.35. The number of nitriles is 1. The highest BCUT2D eigenvalue weighted by Crippen LogP contribution is 2.29. The molecule has 0 amide bonds. The molecule has 0 fully saturated rings. The quantitative estimate of drug-likeness (QED) is 0.838. The van der Waals surface area contributed by atoms with Crippen molar-refractivity contribution in [1.29, 1.82) is 5.26 Å². The Morgan fingerprint density at radius 1 is 1.33 bits per heavy atom. The molecule has 5 nitrogen and oxygen atoms in total. The maximum Gasteiger partial charge on any atom is 0.451 e. The normalized spacial score (nSPS) is 11.0. The highest BCUT2D eigenvalue weighted by atomic mass is 19.4. The smallest absolute Gasteiger partial charge is 0.370 e. The molecule has 0 aliphatic heterocycles. The van der Waals surface area contributed by atoms with E-state index in [4.69, 9.17) is 5.26 Å². The minimum Gasteiger partial charge on any atom is -0.370 e. The zero-order valence-electron chi connectivity index (χ0n) is 12.0. The molecule has 0 aromatic carbocycles. The van der Waals surface area contributed by atoms with Gasteiger partial charge in [-0.3, -0.25) is 0 Å². The molecule has 0 aliphatic carbocycles. The van der Waals surface area contributed by atoms with E-state index in [0.717, 1.165) is 6.42 Å². The maximum atomic E-state index is 12.9. The highest BCUT2D eigenvalue weighted by Gasteiger charge is 2.35. The van der Waals surface area contributed by atoms with Crippen molar-refractivity contribution in [2.24, 2.45) is 0 Å². The first-order valence-corrected chi connectivity index (χ1v) is 6.74. The molecule has 0 saturated heterocycles. The van der Waals surface area contributed by atoms with E-state index in [1.807, 2.05) is 13.0 Å². The summed E-state index contributed by atoms with van der Waals surface area (Å²) in [5.74, 6) is -0.854. The van der Waals surface area contributed by atoms with E-state index in [9.17, 15) is 13.2 Å². The van der Waals surface area contributed by atoms with Crippen LogP contribution in [0, 0.1) is 11.3 Å². The number of rotatable bonds is 7. The monoisotopic (exact) mass is 301 g/mol. The predicted molar refractivity (Wildman–Crippen MR) is 73.9 cm³/mol. The molecule has 1 N–H and O–H groups in total. The van der Waals surface area contributed by atoms with E-state index < -0.39 is 12.0 Å². The van der Waals surface area contributed by atoms with Crippen molar-refractivity contribution in [1.82, 2.24) is 9.97 Å². The van der Waals surface area contributed by atoms with Crippen LogP contribution in [-0.2, 0) is 6.18 Å². The zero-order chi connectivity index (χ0) is 15.9. The van der Waals surface area contributed by atoms with Crippen LogP contribution in [0.15, 0.2) is 6.07 Å².